The number of carbonyl (C=O) groups excluding carboxylic acids is 2. The molecule has 2 aromatic carbocycles. The van der Waals surface area contributed by atoms with Crippen molar-refractivity contribution in [1.82, 2.24) is 10.2 Å². The number of carbonyl (C=O) groups is 2. The van der Waals surface area contributed by atoms with Gasteiger partial charge in [0, 0.05) is 53.9 Å². The number of nitro groups is 1. The molecule has 208 valence electrons. The second-order valence-corrected chi connectivity index (χ2v) is 9.90. The van der Waals surface area contributed by atoms with Crippen molar-refractivity contribution in [3.63, 3.8) is 0 Å². The molecule has 0 saturated carbocycles. The van der Waals surface area contributed by atoms with E-state index < -0.39 is 16.8 Å². The third-order valence-electron chi connectivity index (χ3n) is 5.99. The number of nitro benzene ring substituents is 1. The molecule has 1 aromatic heterocycles. The highest BCUT2D eigenvalue weighted by Crippen LogP contribution is 2.31. The van der Waals surface area contributed by atoms with Gasteiger partial charge in [0.1, 0.15) is 17.2 Å². The van der Waals surface area contributed by atoms with Crippen molar-refractivity contribution in [2.45, 2.75) is 6.92 Å². The first-order chi connectivity index (χ1) is 19.1. The average Bonchev–Trinajstić information content (AvgIpc) is 3.40. The van der Waals surface area contributed by atoms with Gasteiger partial charge in [-0.25, -0.2) is 4.79 Å². The lowest BCUT2D eigenvalue weighted by Gasteiger charge is -2.36. The zero-order chi connectivity index (χ0) is 28.8. The third kappa shape index (κ3) is 7.17. The summed E-state index contributed by atoms with van der Waals surface area (Å²) in [5, 5.41) is 15.6. The molecule has 13 heteroatoms. The van der Waals surface area contributed by atoms with E-state index in [4.69, 9.17) is 44.6 Å². The van der Waals surface area contributed by atoms with Crippen LogP contribution < -0.4 is 10.2 Å². The van der Waals surface area contributed by atoms with E-state index in [2.05, 4.69) is 5.32 Å². The number of halogens is 2. The van der Waals surface area contributed by atoms with Gasteiger partial charge >= 0.3 is 5.97 Å². The van der Waals surface area contributed by atoms with E-state index in [9.17, 15) is 19.7 Å². The summed E-state index contributed by atoms with van der Waals surface area (Å²) in [6.45, 7) is 3.55. The van der Waals surface area contributed by atoms with Crippen LogP contribution in [0.15, 0.2) is 59.0 Å². The molecule has 2 heterocycles. The topological polar surface area (TPSA) is 118 Å². The van der Waals surface area contributed by atoms with Crippen LogP contribution in [0.25, 0.3) is 17.4 Å². The lowest BCUT2D eigenvalue weighted by atomic mass is 10.1. The molecule has 1 amide bonds. The Kier molecular flexibility index (Phi) is 9.41. The number of nitrogens with one attached hydrogen (secondary N) is 1. The number of benzene rings is 2. The number of hydrogen-bond acceptors (Lipinski definition) is 8. The number of thiocarbonyl (C=S) groups is 1. The minimum atomic E-state index is -0.615. The fourth-order valence-corrected chi connectivity index (χ4v) is 4.92. The Hall–Kier alpha value is -3.93. The molecule has 4 rings (SSSR count). The molecular weight excluding hydrogens is 579 g/mol. The van der Waals surface area contributed by atoms with Crippen LogP contribution in [0.1, 0.15) is 23.0 Å². The number of esters is 1. The second-order valence-electron chi connectivity index (χ2n) is 8.64. The van der Waals surface area contributed by atoms with Crippen molar-refractivity contribution in [3.8, 4) is 11.3 Å². The number of hydrogen-bond donors (Lipinski definition) is 1. The van der Waals surface area contributed by atoms with E-state index in [1.165, 1.54) is 24.3 Å². The quantitative estimate of drug-likeness (QED) is 0.122. The van der Waals surface area contributed by atoms with Crippen LogP contribution in [0, 0.1) is 10.1 Å². The first-order valence-corrected chi connectivity index (χ1v) is 13.4. The Morgan fingerprint density at radius 1 is 1.10 bits per heavy atom. The predicted octanol–water partition coefficient (Wildman–Crippen LogP) is 5.57. The van der Waals surface area contributed by atoms with E-state index in [1.807, 2.05) is 9.80 Å². The zero-order valence-electron chi connectivity index (χ0n) is 21.3. The Labute approximate surface area is 245 Å². The van der Waals surface area contributed by atoms with Gasteiger partial charge < -0.3 is 19.0 Å². The van der Waals surface area contributed by atoms with Crippen LogP contribution in [0.5, 0.6) is 0 Å². The monoisotopic (exact) mass is 602 g/mol. The fourth-order valence-electron chi connectivity index (χ4n) is 4.11. The standard InChI is InChI=1S/C27H24Cl2N4O6S/c1-2-38-26(35)17-3-6-22(23(15-17)33(36)37)31-9-11-32(12-10-31)27(40)30-25(34)8-5-21-4-7-24(39-21)18-13-19(28)16-20(29)14-18/h3-8,13-16H,2,9-12H2,1H3,(H,30,34,40)/b8-5+. The molecule has 40 heavy (non-hydrogen) atoms. The van der Waals surface area contributed by atoms with Crippen molar-refractivity contribution < 1.29 is 23.7 Å². The van der Waals surface area contributed by atoms with Crippen LogP contribution in [-0.4, -0.2) is 59.6 Å². The molecule has 10 nitrogen and oxygen atoms in total. The predicted molar refractivity (Wildman–Crippen MR) is 157 cm³/mol. The van der Waals surface area contributed by atoms with Gasteiger partial charge in [-0.1, -0.05) is 23.2 Å². The molecular formula is C27H24Cl2N4O6S. The maximum Gasteiger partial charge on any atom is 0.338 e. The van der Waals surface area contributed by atoms with E-state index in [0.29, 0.717) is 59.0 Å². The summed E-state index contributed by atoms with van der Waals surface area (Å²) in [6, 6.07) is 12.8. The Bertz CT molecular complexity index is 1460. The fraction of sp³-hybridized carbons (Fsp3) is 0.222. The summed E-state index contributed by atoms with van der Waals surface area (Å²) >= 11 is 17.5. The first kappa shape index (κ1) is 29.1. The summed E-state index contributed by atoms with van der Waals surface area (Å²) in [6.07, 6.45) is 2.83. The number of amides is 1. The minimum absolute atomic E-state index is 0.118. The lowest BCUT2D eigenvalue weighted by molar-refractivity contribution is -0.384. The molecule has 1 aliphatic rings. The summed E-state index contributed by atoms with van der Waals surface area (Å²) in [4.78, 5) is 39.3. The zero-order valence-corrected chi connectivity index (χ0v) is 23.6. The smallest absolute Gasteiger partial charge is 0.338 e. The number of rotatable bonds is 7. The van der Waals surface area contributed by atoms with Crippen LogP contribution in [0.4, 0.5) is 11.4 Å². The molecule has 1 fully saturated rings. The maximum absolute atomic E-state index is 12.5. The van der Waals surface area contributed by atoms with Gasteiger partial charge in [0.05, 0.1) is 17.1 Å². The number of anilines is 1. The summed E-state index contributed by atoms with van der Waals surface area (Å²) in [7, 11) is 0. The SMILES string of the molecule is CCOC(=O)c1ccc(N2CCN(C(=S)NC(=O)/C=C/c3ccc(-c4cc(Cl)cc(Cl)c4)o3)CC2)c([N+](=O)[O-])c1. The number of ether oxygens (including phenoxy) is 1. The van der Waals surface area contributed by atoms with Gasteiger partial charge in [0.2, 0.25) is 5.91 Å². The van der Waals surface area contributed by atoms with E-state index in [1.54, 1.807) is 43.3 Å². The van der Waals surface area contributed by atoms with Gasteiger partial charge in [0.25, 0.3) is 5.69 Å². The van der Waals surface area contributed by atoms with Gasteiger partial charge in [0.15, 0.2) is 5.11 Å². The molecule has 0 bridgehead atoms. The van der Waals surface area contributed by atoms with Crippen LogP contribution in [-0.2, 0) is 9.53 Å². The maximum atomic E-state index is 12.5. The van der Waals surface area contributed by atoms with Gasteiger partial charge in [-0.15, -0.1) is 0 Å². The minimum Gasteiger partial charge on any atom is -0.462 e. The van der Waals surface area contributed by atoms with Gasteiger partial charge in [-0.3, -0.25) is 20.2 Å². The molecule has 1 aliphatic heterocycles. The molecule has 0 aliphatic carbocycles. The van der Waals surface area contributed by atoms with Crippen molar-refractivity contribution in [2.24, 2.45) is 0 Å². The first-order valence-electron chi connectivity index (χ1n) is 12.2. The largest absolute Gasteiger partial charge is 0.462 e. The molecule has 3 aromatic rings. The second kappa shape index (κ2) is 12.9. The molecule has 1 N–H and O–H groups in total. The molecule has 0 unspecified atom stereocenters. The normalized spacial score (nSPS) is 13.4. The molecule has 0 spiro atoms. The summed E-state index contributed by atoms with van der Waals surface area (Å²) in [5.74, 6) is -0.0399. The molecule has 1 saturated heterocycles. The van der Waals surface area contributed by atoms with Crippen molar-refractivity contribution in [1.29, 1.82) is 0 Å². The van der Waals surface area contributed by atoms with Crippen molar-refractivity contribution in [3.05, 3.63) is 86.1 Å². The molecule has 0 radical (unpaired) electrons. The number of piperazine rings is 1. The molecule has 0 atom stereocenters. The van der Waals surface area contributed by atoms with Crippen LogP contribution in [0.3, 0.4) is 0 Å². The Morgan fingerprint density at radius 2 is 1.80 bits per heavy atom. The highest BCUT2D eigenvalue weighted by molar-refractivity contribution is 7.80. The number of furan rings is 1. The van der Waals surface area contributed by atoms with Gasteiger partial charge in [-0.05, 0) is 67.7 Å². The average molecular weight is 603 g/mol. The summed E-state index contributed by atoms with van der Waals surface area (Å²) < 4.78 is 10.7. The van der Waals surface area contributed by atoms with Crippen molar-refractivity contribution in [2.75, 3.05) is 37.7 Å². The van der Waals surface area contributed by atoms with E-state index in [-0.39, 0.29) is 23.0 Å². The highest BCUT2D eigenvalue weighted by atomic mass is 35.5. The number of nitrogens with zero attached hydrogens (tertiary/aromatic N) is 3. The summed E-state index contributed by atoms with van der Waals surface area (Å²) in [5.41, 5.74) is 1.04. The highest BCUT2D eigenvalue weighted by Gasteiger charge is 2.26. The lowest BCUT2D eigenvalue weighted by Crippen LogP contribution is -2.52. The van der Waals surface area contributed by atoms with Crippen LogP contribution in [0.2, 0.25) is 10.0 Å². The van der Waals surface area contributed by atoms with Crippen LogP contribution >= 0.6 is 35.4 Å². The Balaban J connectivity index is 1.32. The third-order valence-corrected chi connectivity index (χ3v) is 6.79. The van der Waals surface area contributed by atoms with E-state index in [0.717, 1.165) is 0 Å². The van der Waals surface area contributed by atoms with E-state index >= 15 is 0 Å². The Morgan fingerprint density at radius 3 is 2.45 bits per heavy atom. The van der Waals surface area contributed by atoms with Crippen molar-refractivity contribution >= 4 is 69.9 Å². The van der Waals surface area contributed by atoms with Gasteiger partial charge in [-0.2, -0.15) is 0 Å².